The number of rotatable bonds is 2. The molecule has 2 N–H and O–H groups in total. The molecule has 0 saturated heterocycles. The SMILES string of the molecule is Cc1sc(-c2ccccc2N)nc1-c1ccco1. The lowest BCUT2D eigenvalue weighted by Gasteiger charge is -1.99. The summed E-state index contributed by atoms with van der Waals surface area (Å²) in [4.78, 5) is 5.76. The summed E-state index contributed by atoms with van der Waals surface area (Å²) in [7, 11) is 0. The van der Waals surface area contributed by atoms with Gasteiger partial charge in [-0.3, -0.25) is 0 Å². The van der Waals surface area contributed by atoms with Crippen LogP contribution in [-0.4, -0.2) is 4.98 Å². The molecule has 0 unspecified atom stereocenters. The lowest BCUT2D eigenvalue weighted by molar-refractivity contribution is 0.580. The molecular weight excluding hydrogens is 244 g/mol. The Morgan fingerprint density at radius 3 is 2.72 bits per heavy atom. The molecule has 0 bridgehead atoms. The molecule has 1 aromatic carbocycles. The van der Waals surface area contributed by atoms with Crippen molar-refractivity contribution in [2.45, 2.75) is 6.92 Å². The number of furan rings is 1. The Morgan fingerprint density at radius 2 is 2.00 bits per heavy atom. The third-order valence-corrected chi connectivity index (χ3v) is 3.75. The zero-order valence-corrected chi connectivity index (χ0v) is 10.7. The minimum absolute atomic E-state index is 0.747. The zero-order chi connectivity index (χ0) is 12.5. The Hall–Kier alpha value is -2.07. The highest BCUT2D eigenvalue weighted by atomic mass is 32.1. The lowest BCUT2D eigenvalue weighted by Crippen LogP contribution is -1.88. The summed E-state index contributed by atoms with van der Waals surface area (Å²) in [6.07, 6.45) is 1.66. The lowest BCUT2D eigenvalue weighted by atomic mass is 10.2. The highest BCUT2D eigenvalue weighted by Gasteiger charge is 2.14. The first-order valence-corrected chi connectivity index (χ1v) is 6.43. The van der Waals surface area contributed by atoms with Crippen LogP contribution in [0, 0.1) is 6.92 Å². The monoisotopic (exact) mass is 256 g/mol. The first kappa shape index (κ1) is 11.0. The van der Waals surface area contributed by atoms with Gasteiger partial charge in [-0.1, -0.05) is 12.1 Å². The molecule has 2 aromatic heterocycles. The van der Waals surface area contributed by atoms with Crippen molar-refractivity contribution in [2.75, 3.05) is 5.73 Å². The molecule has 0 aliphatic heterocycles. The van der Waals surface area contributed by atoms with Crippen molar-refractivity contribution in [3.8, 4) is 22.0 Å². The number of nitrogen functional groups attached to an aromatic ring is 1. The summed E-state index contributed by atoms with van der Waals surface area (Å²) in [6, 6.07) is 11.5. The number of aryl methyl sites for hydroxylation is 1. The molecule has 4 heteroatoms. The quantitative estimate of drug-likeness (QED) is 0.706. The second kappa shape index (κ2) is 4.31. The predicted molar refractivity (Wildman–Crippen MR) is 74.4 cm³/mol. The molecule has 3 nitrogen and oxygen atoms in total. The van der Waals surface area contributed by atoms with Gasteiger partial charge < -0.3 is 10.2 Å². The maximum absolute atomic E-state index is 5.97. The molecule has 18 heavy (non-hydrogen) atoms. The highest BCUT2D eigenvalue weighted by molar-refractivity contribution is 7.15. The molecule has 0 saturated carbocycles. The fourth-order valence-electron chi connectivity index (χ4n) is 1.85. The molecule has 2 heterocycles. The average Bonchev–Trinajstić information content (AvgIpc) is 2.98. The highest BCUT2D eigenvalue weighted by Crippen LogP contribution is 2.35. The largest absolute Gasteiger partial charge is 0.463 e. The van der Waals surface area contributed by atoms with Crippen LogP contribution in [0.2, 0.25) is 0 Å². The molecule has 90 valence electrons. The second-order valence-electron chi connectivity index (χ2n) is 3.99. The summed E-state index contributed by atoms with van der Waals surface area (Å²) in [5, 5.41) is 0.928. The van der Waals surface area contributed by atoms with Crippen molar-refractivity contribution in [2.24, 2.45) is 0 Å². The molecular formula is C14H12N2OS. The Bertz CT molecular complexity index is 671. The average molecular weight is 256 g/mol. The molecule has 0 spiro atoms. The predicted octanol–water partition coefficient (Wildman–Crippen LogP) is 3.96. The maximum atomic E-state index is 5.97. The Balaban J connectivity index is 2.11. The van der Waals surface area contributed by atoms with Crippen LogP contribution in [0.1, 0.15) is 4.88 Å². The minimum atomic E-state index is 0.747. The summed E-state index contributed by atoms with van der Waals surface area (Å²) in [6.45, 7) is 2.04. The van der Waals surface area contributed by atoms with Crippen molar-refractivity contribution < 1.29 is 4.42 Å². The van der Waals surface area contributed by atoms with Gasteiger partial charge >= 0.3 is 0 Å². The van der Waals surface area contributed by atoms with Gasteiger partial charge in [0.25, 0.3) is 0 Å². The Labute approximate surface area is 109 Å². The van der Waals surface area contributed by atoms with Gasteiger partial charge in [0, 0.05) is 16.1 Å². The van der Waals surface area contributed by atoms with Gasteiger partial charge in [0.2, 0.25) is 0 Å². The van der Waals surface area contributed by atoms with E-state index < -0.39 is 0 Å². The number of nitrogens with zero attached hydrogens (tertiary/aromatic N) is 1. The van der Waals surface area contributed by atoms with E-state index in [1.807, 2.05) is 43.3 Å². The number of thiazole rings is 1. The first-order chi connectivity index (χ1) is 8.75. The van der Waals surface area contributed by atoms with E-state index in [1.165, 1.54) is 0 Å². The van der Waals surface area contributed by atoms with E-state index in [4.69, 9.17) is 10.2 Å². The molecule has 0 atom stereocenters. The van der Waals surface area contributed by atoms with E-state index in [0.29, 0.717) is 0 Å². The van der Waals surface area contributed by atoms with Gasteiger partial charge in [0.1, 0.15) is 10.7 Å². The number of aromatic nitrogens is 1. The van der Waals surface area contributed by atoms with Crippen LogP contribution >= 0.6 is 11.3 Å². The molecule has 0 radical (unpaired) electrons. The normalized spacial score (nSPS) is 10.7. The Kier molecular flexibility index (Phi) is 2.64. The van der Waals surface area contributed by atoms with Crippen molar-refractivity contribution in [3.63, 3.8) is 0 Å². The van der Waals surface area contributed by atoms with Gasteiger partial charge in [0.05, 0.1) is 6.26 Å². The fourth-order valence-corrected chi connectivity index (χ4v) is 2.81. The summed E-state index contributed by atoms with van der Waals surface area (Å²) in [5.41, 5.74) is 8.59. The van der Waals surface area contributed by atoms with Gasteiger partial charge in [0.15, 0.2) is 5.76 Å². The second-order valence-corrected chi connectivity index (χ2v) is 5.19. The maximum Gasteiger partial charge on any atom is 0.153 e. The third kappa shape index (κ3) is 1.80. The topological polar surface area (TPSA) is 52.0 Å². The zero-order valence-electron chi connectivity index (χ0n) is 9.88. The van der Waals surface area contributed by atoms with E-state index in [-0.39, 0.29) is 0 Å². The van der Waals surface area contributed by atoms with Gasteiger partial charge in [-0.2, -0.15) is 0 Å². The summed E-state index contributed by atoms with van der Waals surface area (Å²) < 4.78 is 5.39. The minimum Gasteiger partial charge on any atom is -0.463 e. The molecule has 0 fully saturated rings. The van der Waals surface area contributed by atoms with E-state index in [9.17, 15) is 0 Å². The molecule has 3 aromatic rings. The Morgan fingerprint density at radius 1 is 1.17 bits per heavy atom. The molecule has 3 rings (SSSR count). The summed E-state index contributed by atoms with van der Waals surface area (Å²) >= 11 is 1.63. The number of hydrogen-bond acceptors (Lipinski definition) is 4. The number of benzene rings is 1. The summed E-state index contributed by atoms with van der Waals surface area (Å²) in [5.74, 6) is 0.796. The number of hydrogen-bond donors (Lipinski definition) is 1. The third-order valence-electron chi connectivity index (χ3n) is 2.74. The first-order valence-electron chi connectivity index (χ1n) is 5.62. The fraction of sp³-hybridized carbons (Fsp3) is 0.0714. The van der Waals surface area contributed by atoms with Crippen molar-refractivity contribution in [3.05, 3.63) is 47.5 Å². The molecule has 0 aliphatic carbocycles. The van der Waals surface area contributed by atoms with E-state index in [2.05, 4.69) is 4.98 Å². The van der Waals surface area contributed by atoms with Crippen LogP contribution in [0.4, 0.5) is 5.69 Å². The van der Waals surface area contributed by atoms with Crippen molar-refractivity contribution >= 4 is 17.0 Å². The van der Waals surface area contributed by atoms with E-state index in [0.717, 1.165) is 32.6 Å². The van der Waals surface area contributed by atoms with Crippen molar-refractivity contribution in [1.29, 1.82) is 0 Å². The van der Waals surface area contributed by atoms with Crippen LogP contribution in [0.3, 0.4) is 0 Å². The van der Waals surface area contributed by atoms with Crippen molar-refractivity contribution in [1.82, 2.24) is 4.98 Å². The van der Waals surface area contributed by atoms with Crippen LogP contribution in [0.15, 0.2) is 47.1 Å². The van der Waals surface area contributed by atoms with Crippen LogP contribution in [-0.2, 0) is 0 Å². The smallest absolute Gasteiger partial charge is 0.153 e. The number of anilines is 1. The van der Waals surface area contributed by atoms with Crippen LogP contribution in [0.25, 0.3) is 22.0 Å². The standard InChI is InChI=1S/C14H12N2OS/c1-9-13(12-7-4-8-17-12)16-14(18-9)10-5-2-3-6-11(10)15/h2-8H,15H2,1H3. The van der Waals surface area contributed by atoms with Crippen LogP contribution < -0.4 is 5.73 Å². The molecule has 0 aliphatic rings. The van der Waals surface area contributed by atoms with Gasteiger partial charge in [-0.15, -0.1) is 11.3 Å². The van der Waals surface area contributed by atoms with E-state index >= 15 is 0 Å². The van der Waals surface area contributed by atoms with Gasteiger partial charge in [-0.25, -0.2) is 4.98 Å². The number of nitrogens with two attached hydrogens (primary N) is 1. The van der Waals surface area contributed by atoms with E-state index in [1.54, 1.807) is 17.6 Å². The van der Waals surface area contributed by atoms with Gasteiger partial charge in [-0.05, 0) is 31.2 Å². The number of para-hydroxylation sites is 1. The van der Waals surface area contributed by atoms with Crippen LogP contribution in [0.5, 0.6) is 0 Å². The molecule has 0 amide bonds.